The van der Waals surface area contributed by atoms with Gasteiger partial charge in [-0.25, -0.2) is 0 Å². The fraction of sp³-hybridized carbons (Fsp3) is 0.417. The fourth-order valence-corrected chi connectivity index (χ4v) is 4.38. The topological polar surface area (TPSA) is 85.6 Å². The van der Waals surface area contributed by atoms with E-state index in [0.717, 1.165) is 44.5 Å². The Kier molecular flexibility index (Phi) is 6.64. The van der Waals surface area contributed by atoms with Crippen molar-refractivity contribution in [1.29, 1.82) is 5.26 Å². The van der Waals surface area contributed by atoms with Crippen LogP contribution in [-0.2, 0) is 0 Å². The summed E-state index contributed by atoms with van der Waals surface area (Å²) >= 11 is 6.07. The number of ether oxygens (including phenoxy) is 1. The molecule has 2 N–H and O–H groups in total. The molecule has 1 aliphatic heterocycles. The van der Waals surface area contributed by atoms with Crippen LogP contribution in [0.5, 0.6) is 5.75 Å². The molecule has 1 aliphatic carbocycles. The number of hydrogen-bond acceptors (Lipinski definition) is 5. The smallest absolute Gasteiger partial charge is 0.251 e. The van der Waals surface area contributed by atoms with Crippen molar-refractivity contribution in [2.75, 3.05) is 24.6 Å². The number of hydrogen-bond donors (Lipinski definition) is 2. The Balaban J connectivity index is 1.24. The van der Waals surface area contributed by atoms with Gasteiger partial charge in [0.2, 0.25) is 0 Å². The summed E-state index contributed by atoms with van der Waals surface area (Å²) in [5.74, 6) is 0.978. The molecule has 1 amide bonds. The molecule has 0 bridgehead atoms. The van der Waals surface area contributed by atoms with Crippen molar-refractivity contribution in [2.45, 2.75) is 37.8 Å². The quantitative estimate of drug-likeness (QED) is 0.715. The predicted molar refractivity (Wildman–Crippen MR) is 120 cm³/mol. The lowest BCUT2D eigenvalue weighted by Crippen LogP contribution is -2.48. The minimum atomic E-state index is -0.0494. The molecule has 0 radical (unpaired) electrons. The highest BCUT2D eigenvalue weighted by Crippen LogP contribution is 2.28. The Morgan fingerprint density at radius 1 is 1.16 bits per heavy atom. The van der Waals surface area contributed by atoms with Gasteiger partial charge >= 0.3 is 0 Å². The van der Waals surface area contributed by atoms with E-state index >= 15 is 0 Å². The zero-order valence-electron chi connectivity index (χ0n) is 17.3. The first-order valence-electron chi connectivity index (χ1n) is 10.7. The molecule has 0 spiro atoms. The van der Waals surface area contributed by atoms with Crippen molar-refractivity contribution < 1.29 is 14.6 Å². The molecule has 31 heavy (non-hydrogen) atoms. The maximum absolute atomic E-state index is 12.6. The molecule has 1 saturated carbocycles. The van der Waals surface area contributed by atoms with Gasteiger partial charge in [-0.2, -0.15) is 5.26 Å². The van der Waals surface area contributed by atoms with Gasteiger partial charge in [0.05, 0.1) is 16.7 Å². The molecule has 2 aliphatic rings. The third-order valence-corrected chi connectivity index (χ3v) is 6.40. The van der Waals surface area contributed by atoms with Crippen LogP contribution in [0.25, 0.3) is 0 Å². The first-order valence-corrected chi connectivity index (χ1v) is 11.1. The van der Waals surface area contributed by atoms with E-state index in [-0.39, 0.29) is 24.7 Å². The van der Waals surface area contributed by atoms with Crippen LogP contribution in [0, 0.1) is 17.2 Å². The monoisotopic (exact) mass is 439 g/mol. The van der Waals surface area contributed by atoms with Crippen LogP contribution in [0.3, 0.4) is 0 Å². The Morgan fingerprint density at radius 2 is 1.87 bits per heavy atom. The van der Waals surface area contributed by atoms with Gasteiger partial charge in [0.1, 0.15) is 11.8 Å². The molecule has 0 atom stereocenters. The van der Waals surface area contributed by atoms with E-state index in [1.807, 2.05) is 30.3 Å². The number of aliphatic hydroxyl groups is 1. The zero-order chi connectivity index (χ0) is 21.8. The van der Waals surface area contributed by atoms with Gasteiger partial charge in [0.25, 0.3) is 5.91 Å². The van der Waals surface area contributed by atoms with Gasteiger partial charge in [-0.05, 0) is 62.1 Å². The van der Waals surface area contributed by atoms with Crippen molar-refractivity contribution in [3.63, 3.8) is 0 Å². The van der Waals surface area contributed by atoms with Crippen LogP contribution in [0.2, 0.25) is 5.02 Å². The molecule has 7 heteroatoms. The largest absolute Gasteiger partial charge is 0.490 e. The number of anilines is 1. The highest BCUT2D eigenvalue weighted by Gasteiger charge is 2.27. The van der Waals surface area contributed by atoms with Crippen molar-refractivity contribution >= 4 is 23.2 Å². The van der Waals surface area contributed by atoms with E-state index in [2.05, 4.69) is 10.2 Å². The molecule has 2 aromatic rings. The van der Waals surface area contributed by atoms with Crippen molar-refractivity contribution in [2.24, 2.45) is 5.92 Å². The van der Waals surface area contributed by atoms with Crippen LogP contribution in [0.4, 0.5) is 5.69 Å². The number of rotatable bonds is 6. The minimum absolute atomic E-state index is 0.0494. The maximum Gasteiger partial charge on any atom is 0.251 e. The summed E-state index contributed by atoms with van der Waals surface area (Å²) in [5.41, 5.74) is 2.18. The highest BCUT2D eigenvalue weighted by atomic mass is 35.5. The second-order valence-electron chi connectivity index (χ2n) is 8.32. The number of amides is 1. The second kappa shape index (κ2) is 9.59. The summed E-state index contributed by atoms with van der Waals surface area (Å²) < 4.78 is 6.01. The van der Waals surface area contributed by atoms with E-state index in [4.69, 9.17) is 26.7 Å². The number of aliphatic hydroxyl groups excluding tert-OH is 1. The van der Waals surface area contributed by atoms with Crippen molar-refractivity contribution in [3.05, 3.63) is 58.6 Å². The second-order valence-corrected chi connectivity index (χ2v) is 8.73. The SMILES string of the molecule is N#Cc1ccc(OC2CCC(NC(=O)c3ccc(N4CC(CO)C4)cc3)CC2)cc1Cl. The molecule has 4 rings (SSSR count). The maximum atomic E-state index is 12.6. The zero-order valence-corrected chi connectivity index (χ0v) is 18.0. The molecule has 2 aromatic carbocycles. The van der Waals surface area contributed by atoms with Crippen LogP contribution in [0.1, 0.15) is 41.6 Å². The summed E-state index contributed by atoms with van der Waals surface area (Å²) in [4.78, 5) is 14.8. The molecular formula is C24H26ClN3O3. The number of nitrogens with one attached hydrogen (secondary N) is 1. The fourth-order valence-electron chi connectivity index (χ4n) is 4.17. The third-order valence-electron chi connectivity index (χ3n) is 6.08. The average Bonchev–Trinajstić information content (AvgIpc) is 2.75. The highest BCUT2D eigenvalue weighted by molar-refractivity contribution is 6.31. The van der Waals surface area contributed by atoms with Crippen LogP contribution in [-0.4, -0.2) is 42.9 Å². The summed E-state index contributed by atoms with van der Waals surface area (Å²) in [6.45, 7) is 1.95. The van der Waals surface area contributed by atoms with E-state index < -0.39 is 0 Å². The lowest BCUT2D eigenvalue weighted by Gasteiger charge is -2.40. The Morgan fingerprint density at radius 3 is 2.48 bits per heavy atom. The number of halogens is 1. The van der Waals surface area contributed by atoms with Crippen LogP contribution in [0.15, 0.2) is 42.5 Å². The third kappa shape index (κ3) is 5.12. The van der Waals surface area contributed by atoms with Gasteiger partial charge in [-0.3, -0.25) is 4.79 Å². The normalized spacial score (nSPS) is 21.1. The Bertz CT molecular complexity index is 959. The summed E-state index contributed by atoms with van der Waals surface area (Å²) in [5, 5.41) is 21.6. The molecule has 1 saturated heterocycles. The van der Waals surface area contributed by atoms with Crippen LogP contribution >= 0.6 is 11.6 Å². The van der Waals surface area contributed by atoms with Gasteiger partial charge in [-0.15, -0.1) is 0 Å². The van der Waals surface area contributed by atoms with Gasteiger partial charge < -0.3 is 20.1 Å². The van der Waals surface area contributed by atoms with E-state index in [1.165, 1.54) is 0 Å². The van der Waals surface area contributed by atoms with Gasteiger partial charge in [0.15, 0.2) is 0 Å². The standard InChI is InChI=1S/C24H26ClN3O3/c25-23-11-22(8-3-18(23)12-26)31-21-9-4-19(5-10-21)27-24(30)17-1-6-20(7-2-17)28-13-16(14-28)15-29/h1-3,6-8,11,16,19,21,29H,4-5,9-10,13-15H2,(H,27,30). The summed E-state index contributed by atoms with van der Waals surface area (Å²) in [6.07, 6.45) is 3.49. The molecular weight excluding hydrogens is 414 g/mol. The first kappa shape index (κ1) is 21.5. The van der Waals surface area contributed by atoms with Crippen molar-refractivity contribution in [3.8, 4) is 11.8 Å². The summed E-state index contributed by atoms with van der Waals surface area (Å²) in [6, 6.07) is 15.0. The van der Waals surface area contributed by atoms with E-state index in [0.29, 0.717) is 27.8 Å². The number of carbonyl (C=O) groups is 1. The van der Waals surface area contributed by atoms with Crippen molar-refractivity contribution in [1.82, 2.24) is 5.32 Å². The average molecular weight is 440 g/mol. The lowest BCUT2D eigenvalue weighted by atomic mass is 9.92. The molecule has 2 fully saturated rings. The molecule has 0 aromatic heterocycles. The Hall–Kier alpha value is -2.75. The molecule has 0 unspecified atom stereocenters. The number of nitriles is 1. The number of nitrogens with zero attached hydrogens (tertiary/aromatic N) is 2. The number of benzene rings is 2. The summed E-state index contributed by atoms with van der Waals surface area (Å²) in [7, 11) is 0. The molecule has 1 heterocycles. The predicted octanol–water partition coefficient (Wildman–Crippen LogP) is 3.76. The minimum Gasteiger partial charge on any atom is -0.490 e. The van der Waals surface area contributed by atoms with Crippen LogP contribution < -0.4 is 15.0 Å². The van der Waals surface area contributed by atoms with E-state index in [1.54, 1.807) is 18.2 Å². The molecule has 6 nitrogen and oxygen atoms in total. The number of carbonyl (C=O) groups excluding carboxylic acids is 1. The van der Waals surface area contributed by atoms with Gasteiger partial charge in [0, 0.05) is 49.0 Å². The first-order chi connectivity index (χ1) is 15.1. The van der Waals surface area contributed by atoms with E-state index in [9.17, 15) is 4.79 Å². The molecule has 162 valence electrons. The lowest BCUT2D eigenvalue weighted by molar-refractivity contribution is 0.0894. The Labute approximate surface area is 187 Å². The van der Waals surface area contributed by atoms with Gasteiger partial charge in [-0.1, -0.05) is 11.6 Å².